The first-order chi connectivity index (χ1) is 5.82. The number of para-hydroxylation sites is 1. The lowest BCUT2D eigenvalue weighted by Crippen LogP contribution is -2.21. The normalized spacial score (nSPS) is 22.2. The molecule has 1 aliphatic heterocycles. The summed E-state index contributed by atoms with van der Waals surface area (Å²) >= 11 is 0. The fourth-order valence-corrected chi connectivity index (χ4v) is 1.69. The minimum absolute atomic E-state index is 0.179. The third-order valence-corrected chi connectivity index (χ3v) is 2.55. The van der Waals surface area contributed by atoms with E-state index in [0.717, 1.165) is 24.2 Å². The highest BCUT2D eigenvalue weighted by Gasteiger charge is 2.57. The van der Waals surface area contributed by atoms with Crippen molar-refractivity contribution in [3.8, 4) is 5.75 Å². The molecular weight excluding hydrogens is 152 g/mol. The first-order valence-corrected chi connectivity index (χ1v) is 4.15. The van der Waals surface area contributed by atoms with Gasteiger partial charge >= 0.3 is 0 Å². The van der Waals surface area contributed by atoms with E-state index in [1.165, 1.54) is 0 Å². The monoisotopic (exact) mass is 160 g/mol. The Morgan fingerprint density at radius 2 is 2.00 bits per heavy atom. The number of carbonyl (C=O) groups excluding carboxylic acids is 1. The molecule has 0 atom stereocenters. The van der Waals surface area contributed by atoms with E-state index < -0.39 is 5.60 Å². The van der Waals surface area contributed by atoms with Crippen molar-refractivity contribution in [1.82, 2.24) is 0 Å². The van der Waals surface area contributed by atoms with Crippen LogP contribution in [0.4, 0.5) is 0 Å². The minimum Gasteiger partial charge on any atom is -0.478 e. The summed E-state index contributed by atoms with van der Waals surface area (Å²) in [4.78, 5) is 11.7. The molecule has 2 nitrogen and oxygen atoms in total. The van der Waals surface area contributed by atoms with Crippen molar-refractivity contribution in [2.75, 3.05) is 0 Å². The lowest BCUT2D eigenvalue weighted by atomic mass is 10.1. The van der Waals surface area contributed by atoms with Crippen LogP contribution >= 0.6 is 0 Å². The van der Waals surface area contributed by atoms with Gasteiger partial charge < -0.3 is 4.74 Å². The Balaban J connectivity index is 2.19. The summed E-state index contributed by atoms with van der Waals surface area (Å²) in [7, 11) is 0. The number of hydrogen-bond acceptors (Lipinski definition) is 2. The zero-order valence-corrected chi connectivity index (χ0v) is 6.54. The summed E-state index contributed by atoms with van der Waals surface area (Å²) in [6.07, 6.45) is 1.78. The van der Waals surface area contributed by atoms with Crippen molar-refractivity contribution in [1.29, 1.82) is 0 Å². The number of ether oxygens (including phenoxy) is 1. The summed E-state index contributed by atoms with van der Waals surface area (Å²) in [5.74, 6) is 0.943. The molecule has 1 aromatic rings. The number of ketones is 1. The van der Waals surface area contributed by atoms with Gasteiger partial charge in [0.25, 0.3) is 0 Å². The van der Waals surface area contributed by atoms with Gasteiger partial charge in [-0.15, -0.1) is 0 Å². The SMILES string of the molecule is O=C1c2ccccc2OC12CC2. The molecule has 0 aromatic heterocycles. The number of rotatable bonds is 0. The van der Waals surface area contributed by atoms with Crippen LogP contribution in [0.3, 0.4) is 0 Å². The van der Waals surface area contributed by atoms with Crippen LogP contribution in [0.1, 0.15) is 23.2 Å². The number of carbonyl (C=O) groups is 1. The molecule has 3 rings (SSSR count). The summed E-state index contributed by atoms with van der Waals surface area (Å²) in [6.45, 7) is 0. The van der Waals surface area contributed by atoms with E-state index >= 15 is 0 Å². The second-order valence-corrected chi connectivity index (χ2v) is 3.42. The maximum atomic E-state index is 11.7. The molecule has 0 saturated heterocycles. The van der Waals surface area contributed by atoms with E-state index in [2.05, 4.69) is 0 Å². The van der Waals surface area contributed by atoms with Crippen molar-refractivity contribution in [2.45, 2.75) is 18.4 Å². The molecule has 2 heteroatoms. The molecule has 0 unspecified atom stereocenters. The standard InChI is InChI=1S/C10H8O2/c11-9-7-3-1-2-4-8(7)12-10(9)5-6-10/h1-4H,5-6H2. The van der Waals surface area contributed by atoms with E-state index in [0.29, 0.717) is 0 Å². The summed E-state index contributed by atoms with van der Waals surface area (Å²) in [5.41, 5.74) is 0.332. The zero-order valence-electron chi connectivity index (χ0n) is 6.54. The van der Waals surface area contributed by atoms with Gasteiger partial charge in [0.05, 0.1) is 5.56 Å². The molecule has 60 valence electrons. The van der Waals surface area contributed by atoms with Crippen LogP contribution in [0.2, 0.25) is 0 Å². The number of benzene rings is 1. The lowest BCUT2D eigenvalue weighted by Gasteiger charge is -2.03. The average Bonchev–Trinajstić information content (AvgIpc) is 2.79. The molecule has 2 aliphatic rings. The molecular formula is C10H8O2. The molecule has 0 radical (unpaired) electrons. The van der Waals surface area contributed by atoms with Gasteiger partial charge in [-0.25, -0.2) is 0 Å². The van der Waals surface area contributed by atoms with E-state index in [4.69, 9.17) is 4.74 Å². The molecule has 0 N–H and O–H groups in total. The van der Waals surface area contributed by atoms with Crippen LogP contribution < -0.4 is 4.74 Å². The van der Waals surface area contributed by atoms with Crippen molar-refractivity contribution in [3.63, 3.8) is 0 Å². The molecule has 0 amide bonds. The molecule has 1 aliphatic carbocycles. The quantitative estimate of drug-likeness (QED) is 0.578. The van der Waals surface area contributed by atoms with Gasteiger partial charge in [0.2, 0.25) is 5.78 Å². The fraction of sp³-hybridized carbons (Fsp3) is 0.300. The zero-order chi connectivity index (χ0) is 8.18. The third-order valence-electron chi connectivity index (χ3n) is 2.55. The first kappa shape index (κ1) is 6.23. The lowest BCUT2D eigenvalue weighted by molar-refractivity contribution is 0.0820. The number of fused-ring (bicyclic) bond motifs is 1. The van der Waals surface area contributed by atoms with Crippen molar-refractivity contribution < 1.29 is 9.53 Å². The van der Waals surface area contributed by atoms with E-state index in [1.54, 1.807) is 0 Å². The Kier molecular flexibility index (Phi) is 0.888. The second kappa shape index (κ2) is 1.71. The summed E-state index contributed by atoms with van der Waals surface area (Å²) in [5, 5.41) is 0. The average molecular weight is 160 g/mol. The van der Waals surface area contributed by atoms with Gasteiger partial charge in [-0.1, -0.05) is 12.1 Å². The van der Waals surface area contributed by atoms with Crippen LogP contribution in [0, 0.1) is 0 Å². The number of Topliss-reactive ketones (excluding diaryl/α,β-unsaturated/α-hetero) is 1. The van der Waals surface area contributed by atoms with Gasteiger partial charge in [-0.3, -0.25) is 4.79 Å². The van der Waals surface area contributed by atoms with Crippen LogP contribution in [-0.4, -0.2) is 11.4 Å². The van der Waals surface area contributed by atoms with E-state index in [1.807, 2.05) is 24.3 Å². The highest BCUT2D eigenvalue weighted by atomic mass is 16.5. The molecule has 1 saturated carbocycles. The molecule has 1 aromatic carbocycles. The van der Waals surface area contributed by atoms with Crippen molar-refractivity contribution in [2.24, 2.45) is 0 Å². The highest BCUT2D eigenvalue weighted by Crippen LogP contribution is 2.49. The van der Waals surface area contributed by atoms with E-state index in [9.17, 15) is 4.79 Å². The first-order valence-electron chi connectivity index (χ1n) is 4.15. The Hall–Kier alpha value is -1.31. The number of hydrogen-bond donors (Lipinski definition) is 0. The minimum atomic E-state index is -0.427. The highest BCUT2D eigenvalue weighted by molar-refractivity contribution is 6.09. The molecule has 1 heterocycles. The van der Waals surface area contributed by atoms with Crippen molar-refractivity contribution in [3.05, 3.63) is 29.8 Å². The van der Waals surface area contributed by atoms with E-state index in [-0.39, 0.29) is 5.78 Å². The third kappa shape index (κ3) is 0.583. The summed E-state index contributed by atoms with van der Waals surface area (Å²) < 4.78 is 5.57. The predicted octanol–water partition coefficient (Wildman–Crippen LogP) is 1.79. The van der Waals surface area contributed by atoms with Crippen LogP contribution in [0.5, 0.6) is 5.75 Å². The topological polar surface area (TPSA) is 26.3 Å². The predicted molar refractivity (Wildman–Crippen MR) is 43.4 cm³/mol. The van der Waals surface area contributed by atoms with Gasteiger partial charge in [0, 0.05) is 0 Å². The molecule has 0 bridgehead atoms. The maximum Gasteiger partial charge on any atom is 0.210 e. The molecule has 12 heavy (non-hydrogen) atoms. The molecule has 1 spiro atoms. The Labute approximate surface area is 70.2 Å². The van der Waals surface area contributed by atoms with Gasteiger partial charge in [-0.2, -0.15) is 0 Å². The van der Waals surface area contributed by atoms with Gasteiger partial charge in [0.1, 0.15) is 5.75 Å². The van der Waals surface area contributed by atoms with Crippen LogP contribution in [0.25, 0.3) is 0 Å². The van der Waals surface area contributed by atoms with Crippen LogP contribution in [0.15, 0.2) is 24.3 Å². The Morgan fingerprint density at radius 3 is 2.67 bits per heavy atom. The second-order valence-electron chi connectivity index (χ2n) is 3.42. The maximum absolute atomic E-state index is 11.7. The van der Waals surface area contributed by atoms with Crippen molar-refractivity contribution >= 4 is 5.78 Å². The molecule has 1 fully saturated rings. The van der Waals surface area contributed by atoms with Gasteiger partial charge in [-0.05, 0) is 25.0 Å². The van der Waals surface area contributed by atoms with Gasteiger partial charge in [0.15, 0.2) is 5.60 Å². The fourth-order valence-electron chi connectivity index (χ4n) is 1.69. The largest absolute Gasteiger partial charge is 0.478 e. The van der Waals surface area contributed by atoms with Crippen LogP contribution in [-0.2, 0) is 0 Å². The Morgan fingerprint density at radius 1 is 1.25 bits per heavy atom. The Bertz CT molecular complexity index is 364. The summed E-state index contributed by atoms with van der Waals surface area (Å²) in [6, 6.07) is 7.47. The smallest absolute Gasteiger partial charge is 0.210 e.